The second-order valence-electron chi connectivity index (χ2n) is 9.50. The van der Waals surface area contributed by atoms with Gasteiger partial charge in [0.1, 0.15) is 0 Å². The Labute approximate surface area is 142 Å². The van der Waals surface area contributed by atoms with Crippen LogP contribution in [0.25, 0.3) is 0 Å². The minimum absolute atomic E-state index is 0.643. The van der Waals surface area contributed by atoms with Crippen LogP contribution in [0.3, 0.4) is 0 Å². The third-order valence-corrected chi connectivity index (χ3v) is 28.6. The van der Waals surface area contributed by atoms with Crippen LogP contribution >= 0.6 is 0 Å². The van der Waals surface area contributed by atoms with Gasteiger partial charge in [-0.05, 0) is 4.28 Å². The predicted octanol–water partition coefficient (Wildman–Crippen LogP) is 6.29. The molecule has 22 heavy (non-hydrogen) atoms. The summed E-state index contributed by atoms with van der Waals surface area (Å²) >= 11 is 0. The second-order valence-corrected chi connectivity index (χ2v) is 26.4. The van der Waals surface area contributed by atoms with E-state index in [1.165, 1.54) is 19.3 Å². The van der Waals surface area contributed by atoms with Crippen molar-refractivity contribution in [2.75, 3.05) is 0 Å². The number of hydrogen-bond acceptors (Lipinski definition) is 0. The molecule has 0 spiro atoms. The van der Waals surface area contributed by atoms with E-state index in [9.17, 15) is 0 Å². The Kier molecular flexibility index (Phi) is 6.14. The SMILES string of the molecule is CCCCC([Si](C)(C)C)([Si](C)(C)C)[Si](C)(C)c1ccccc1. The van der Waals surface area contributed by atoms with Gasteiger partial charge < -0.3 is 0 Å². The first kappa shape index (κ1) is 19.9. The number of hydrogen-bond donors (Lipinski definition) is 0. The minimum atomic E-state index is -1.54. The highest BCUT2D eigenvalue weighted by Crippen LogP contribution is 2.56. The van der Waals surface area contributed by atoms with Crippen molar-refractivity contribution < 1.29 is 0 Å². The molecule has 0 saturated heterocycles. The van der Waals surface area contributed by atoms with Gasteiger partial charge in [0.2, 0.25) is 0 Å². The zero-order valence-electron chi connectivity index (χ0n) is 16.5. The topological polar surface area (TPSA) is 0 Å². The molecule has 0 aliphatic heterocycles. The standard InChI is InChI=1S/C19H38Si3/c1-10-11-17-19(20(2,3)4,21(5,6)7)22(8,9)18-15-13-12-14-16-18/h12-16H,10-11,17H2,1-9H3. The molecule has 0 bridgehead atoms. The minimum Gasteiger partial charge on any atom is -0.0695 e. The van der Waals surface area contributed by atoms with Crippen molar-refractivity contribution >= 4 is 29.4 Å². The van der Waals surface area contributed by atoms with Crippen LogP contribution in [0.1, 0.15) is 26.2 Å². The molecule has 0 aromatic heterocycles. The summed E-state index contributed by atoms with van der Waals surface area (Å²) in [6.07, 6.45) is 4.19. The highest BCUT2D eigenvalue weighted by atomic mass is 28.5. The molecule has 0 nitrogen and oxygen atoms in total. The molecule has 0 N–H and O–H groups in total. The van der Waals surface area contributed by atoms with Gasteiger partial charge in [0, 0.05) is 16.1 Å². The maximum absolute atomic E-state index is 2.68. The first-order chi connectivity index (χ1) is 9.92. The summed E-state index contributed by atoms with van der Waals surface area (Å²) in [6, 6.07) is 11.5. The molecule has 0 aliphatic carbocycles. The molecule has 0 unspecified atom stereocenters. The average molecular weight is 351 g/mol. The third-order valence-electron chi connectivity index (χ3n) is 6.03. The number of benzene rings is 1. The highest BCUT2D eigenvalue weighted by Gasteiger charge is 2.61. The molecule has 126 valence electrons. The highest BCUT2D eigenvalue weighted by molar-refractivity contribution is 7.19. The summed E-state index contributed by atoms with van der Waals surface area (Å²) in [6.45, 7) is 23.6. The van der Waals surface area contributed by atoms with E-state index in [-0.39, 0.29) is 0 Å². The molecule has 0 fully saturated rings. The van der Waals surface area contributed by atoms with Gasteiger partial charge in [-0.3, -0.25) is 0 Å². The van der Waals surface area contributed by atoms with Gasteiger partial charge in [0.15, 0.2) is 0 Å². The molecule has 1 aromatic carbocycles. The van der Waals surface area contributed by atoms with Crippen LogP contribution in [0, 0.1) is 0 Å². The Bertz CT molecular complexity index is 450. The Balaban J connectivity index is 3.61. The Morgan fingerprint density at radius 1 is 0.773 bits per heavy atom. The summed E-state index contributed by atoms with van der Waals surface area (Å²) < 4.78 is 0.643. The molecule has 1 aromatic rings. The molecule has 0 radical (unpaired) electrons. The fraction of sp³-hybridized carbons (Fsp3) is 0.684. The van der Waals surface area contributed by atoms with E-state index in [2.05, 4.69) is 89.6 Å². The molecule has 0 amide bonds. The van der Waals surface area contributed by atoms with Gasteiger partial charge in [0.25, 0.3) is 0 Å². The first-order valence-electron chi connectivity index (χ1n) is 8.97. The average Bonchev–Trinajstić information content (AvgIpc) is 2.37. The van der Waals surface area contributed by atoms with E-state index in [1.54, 1.807) is 5.19 Å². The first-order valence-corrected chi connectivity index (χ1v) is 19.0. The fourth-order valence-corrected chi connectivity index (χ4v) is 34.6. The Morgan fingerprint density at radius 2 is 1.23 bits per heavy atom. The van der Waals surface area contributed by atoms with Crippen LogP contribution in [-0.4, -0.2) is 24.2 Å². The molecule has 0 saturated carbocycles. The molecular weight excluding hydrogens is 312 g/mol. The Hall–Kier alpha value is -0.129. The van der Waals surface area contributed by atoms with E-state index in [0.717, 1.165) is 0 Å². The van der Waals surface area contributed by atoms with Gasteiger partial charge in [-0.25, -0.2) is 0 Å². The van der Waals surface area contributed by atoms with Gasteiger partial charge in [0.05, 0.1) is 8.07 Å². The smallest absolute Gasteiger partial charge is 0.0695 e. The van der Waals surface area contributed by atoms with E-state index in [4.69, 9.17) is 0 Å². The fourth-order valence-electron chi connectivity index (χ4n) is 5.61. The monoisotopic (exact) mass is 350 g/mol. The van der Waals surface area contributed by atoms with Gasteiger partial charge in [-0.15, -0.1) is 0 Å². The Morgan fingerprint density at radius 3 is 1.59 bits per heavy atom. The lowest BCUT2D eigenvalue weighted by Crippen LogP contribution is -2.70. The van der Waals surface area contributed by atoms with Gasteiger partial charge >= 0.3 is 0 Å². The lowest BCUT2D eigenvalue weighted by molar-refractivity contribution is 0.686. The van der Waals surface area contributed by atoms with Crippen LogP contribution < -0.4 is 5.19 Å². The number of unbranched alkanes of at least 4 members (excludes halogenated alkanes) is 1. The van der Waals surface area contributed by atoms with E-state index < -0.39 is 24.2 Å². The molecule has 0 heterocycles. The van der Waals surface area contributed by atoms with Crippen molar-refractivity contribution in [2.45, 2.75) is 82.8 Å². The zero-order chi connectivity index (χ0) is 17.2. The maximum Gasteiger partial charge on any atom is 0.0815 e. The summed E-state index contributed by atoms with van der Waals surface area (Å²) in [7, 11) is -4.15. The predicted molar refractivity (Wildman–Crippen MR) is 112 cm³/mol. The number of rotatable bonds is 7. The van der Waals surface area contributed by atoms with Gasteiger partial charge in [-0.2, -0.15) is 0 Å². The van der Waals surface area contributed by atoms with E-state index in [0.29, 0.717) is 4.28 Å². The van der Waals surface area contributed by atoms with E-state index in [1.807, 2.05) is 0 Å². The van der Waals surface area contributed by atoms with E-state index >= 15 is 0 Å². The molecule has 1 rings (SSSR count). The quantitative estimate of drug-likeness (QED) is 0.507. The summed E-state index contributed by atoms with van der Waals surface area (Å²) in [4.78, 5) is 0. The van der Waals surface area contributed by atoms with Crippen molar-refractivity contribution in [3.8, 4) is 0 Å². The van der Waals surface area contributed by atoms with Crippen molar-refractivity contribution in [2.24, 2.45) is 0 Å². The second kappa shape index (κ2) is 6.78. The lowest BCUT2D eigenvalue weighted by Gasteiger charge is -2.60. The van der Waals surface area contributed by atoms with Crippen LogP contribution in [0.2, 0.25) is 56.7 Å². The summed E-state index contributed by atoms with van der Waals surface area (Å²) in [5.41, 5.74) is 0. The zero-order valence-corrected chi connectivity index (χ0v) is 19.5. The van der Waals surface area contributed by atoms with Crippen molar-refractivity contribution in [1.29, 1.82) is 0 Å². The van der Waals surface area contributed by atoms with Crippen molar-refractivity contribution in [3.05, 3.63) is 30.3 Å². The van der Waals surface area contributed by atoms with Crippen LogP contribution in [-0.2, 0) is 0 Å². The lowest BCUT2D eigenvalue weighted by atomic mass is 10.3. The molecule has 0 aliphatic rings. The molecule has 3 heteroatoms. The molecular formula is C19H38Si3. The molecule has 0 atom stereocenters. The third kappa shape index (κ3) is 3.36. The van der Waals surface area contributed by atoms with Gasteiger partial charge in [-0.1, -0.05) is 114 Å². The normalized spacial score (nSPS) is 14.2. The summed E-state index contributed by atoms with van der Waals surface area (Å²) in [5, 5.41) is 1.68. The van der Waals surface area contributed by atoms with Crippen molar-refractivity contribution in [1.82, 2.24) is 0 Å². The largest absolute Gasteiger partial charge is 0.0815 e. The van der Waals surface area contributed by atoms with Crippen LogP contribution in [0.15, 0.2) is 30.3 Å². The maximum atomic E-state index is 2.68. The van der Waals surface area contributed by atoms with Crippen LogP contribution in [0.4, 0.5) is 0 Å². The van der Waals surface area contributed by atoms with Crippen molar-refractivity contribution in [3.63, 3.8) is 0 Å². The van der Waals surface area contributed by atoms with Crippen LogP contribution in [0.5, 0.6) is 0 Å². The summed E-state index contributed by atoms with van der Waals surface area (Å²) in [5.74, 6) is 0.